The lowest BCUT2D eigenvalue weighted by Crippen LogP contribution is -2.12. The van der Waals surface area contributed by atoms with E-state index < -0.39 is 10.0 Å². The molecule has 1 heterocycles. The molecule has 1 aromatic carbocycles. The van der Waals surface area contributed by atoms with Crippen molar-refractivity contribution in [1.82, 2.24) is 9.55 Å². The van der Waals surface area contributed by atoms with Gasteiger partial charge in [-0.25, -0.2) is 18.5 Å². The number of imidazole rings is 1. The van der Waals surface area contributed by atoms with E-state index in [-0.39, 0.29) is 5.03 Å². The predicted molar refractivity (Wildman–Crippen MR) is 66.8 cm³/mol. The van der Waals surface area contributed by atoms with Gasteiger partial charge in [-0.1, -0.05) is 28.1 Å². The van der Waals surface area contributed by atoms with Crippen molar-refractivity contribution in [3.8, 4) is 0 Å². The number of sulfonamides is 1. The standard InChI is InChI=1S/C10H10BrN3O2S/c11-9-3-1-2-8(4-9)5-14-6-10(13-7-14)17(12,15)16/h1-4,6-7H,5H2,(H2,12,15,16). The molecule has 0 atom stereocenters. The van der Waals surface area contributed by atoms with Gasteiger partial charge in [-0.15, -0.1) is 0 Å². The van der Waals surface area contributed by atoms with Crippen molar-refractivity contribution in [2.45, 2.75) is 11.6 Å². The molecule has 0 fully saturated rings. The Morgan fingerprint density at radius 3 is 2.76 bits per heavy atom. The molecule has 0 saturated carbocycles. The fourth-order valence-electron chi connectivity index (χ4n) is 1.42. The Morgan fingerprint density at radius 1 is 1.41 bits per heavy atom. The highest BCUT2D eigenvalue weighted by molar-refractivity contribution is 9.10. The Kier molecular flexibility index (Phi) is 3.32. The second-order valence-electron chi connectivity index (χ2n) is 3.56. The Hall–Kier alpha value is -1.18. The van der Waals surface area contributed by atoms with Crippen molar-refractivity contribution < 1.29 is 8.42 Å². The van der Waals surface area contributed by atoms with E-state index in [4.69, 9.17) is 5.14 Å². The summed E-state index contributed by atoms with van der Waals surface area (Å²) in [5.74, 6) is 0. The van der Waals surface area contributed by atoms with Crippen LogP contribution in [0, 0.1) is 0 Å². The Balaban J connectivity index is 2.23. The summed E-state index contributed by atoms with van der Waals surface area (Å²) in [4.78, 5) is 3.74. The summed E-state index contributed by atoms with van der Waals surface area (Å²) in [7, 11) is -3.72. The molecule has 7 heteroatoms. The van der Waals surface area contributed by atoms with Crippen LogP contribution in [0.3, 0.4) is 0 Å². The summed E-state index contributed by atoms with van der Waals surface area (Å²) in [6, 6.07) is 7.74. The fourth-order valence-corrected chi connectivity index (χ4v) is 2.34. The zero-order valence-electron chi connectivity index (χ0n) is 8.75. The summed E-state index contributed by atoms with van der Waals surface area (Å²) in [6.07, 6.45) is 2.86. The molecule has 2 rings (SSSR count). The van der Waals surface area contributed by atoms with E-state index in [2.05, 4.69) is 20.9 Å². The zero-order chi connectivity index (χ0) is 12.5. The molecule has 0 aliphatic rings. The molecule has 0 bridgehead atoms. The molecule has 0 aliphatic heterocycles. The van der Waals surface area contributed by atoms with Gasteiger partial charge in [0.2, 0.25) is 0 Å². The lowest BCUT2D eigenvalue weighted by atomic mass is 10.2. The zero-order valence-corrected chi connectivity index (χ0v) is 11.1. The lowest BCUT2D eigenvalue weighted by molar-refractivity contribution is 0.594. The average Bonchev–Trinajstić information content (AvgIpc) is 2.65. The molecule has 0 spiro atoms. The predicted octanol–water partition coefficient (Wildman–Crippen LogP) is 1.34. The second kappa shape index (κ2) is 4.59. The lowest BCUT2D eigenvalue weighted by Gasteiger charge is -2.02. The topological polar surface area (TPSA) is 78.0 Å². The van der Waals surface area contributed by atoms with Gasteiger partial charge in [0.05, 0.1) is 6.33 Å². The van der Waals surface area contributed by atoms with E-state index in [1.807, 2.05) is 24.3 Å². The Morgan fingerprint density at radius 2 is 2.18 bits per heavy atom. The number of primary sulfonamides is 1. The van der Waals surface area contributed by atoms with Gasteiger partial charge in [0.15, 0.2) is 5.03 Å². The molecule has 0 radical (unpaired) electrons. The number of nitrogens with two attached hydrogens (primary N) is 1. The number of hydrogen-bond donors (Lipinski definition) is 1. The largest absolute Gasteiger partial charge is 0.332 e. The first kappa shape index (κ1) is 12.3. The molecular weight excluding hydrogens is 306 g/mol. The quantitative estimate of drug-likeness (QED) is 0.928. The minimum absolute atomic E-state index is 0.118. The van der Waals surface area contributed by atoms with E-state index >= 15 is 0 Å². The summed E-state index contributed by atoms with van der Waals surface area (Å²) < 4.78 is 24.7. The van der Waals surface area contributed by atoms with Gasteiger partial charge in [0.25, 0.3) is 10.0 Å². The average molecular weight is 316 g/mol. The van der Waals surface area contributed by atoms with Crippen molar-refractivity contribution in [3.63, 3.8) is 0 Å². The molecule has 17 heavy (non-hydrogen) atoms. The molecule has 0 amide bonds. The highest BCUT2D eigenvalue weighted by Gasteiger charge is 2.11. The van der Waals surface area contributed by atoms with E-state index in [1.165, 1.54) is 12.5 Å². The number of hydrogen-bond acceptors (Lipinski definition) is 3. The maximum Gasteiger partial charge on any atom is 0.257 e. The highest BCUT2D eigenvalue weighted by atomic mass is 79.9. The van der Waals surface area contributed by atoms with Gasteiger partial charge >= 0.3 is 0 Å². The third-order valence-electron chi connectivity index (χ3n) is 2.16. The van der Waals surface area contributed by atoms with Crippen molar-refractivity contribution >= 4 is 26.0 Å². The van der Waals surface area contributed by atoms with Crippen LogP contribution in [0.2, 0.25) is 0 Å². The molecule has 90 valence electrons. The minimum atomic E-state index is -3.72. The van der Waals surface area contributed by atoms with Gasteiger partial charge in [-0.2, -0.15) is 0 Å². The van der Waals surface area contributed by atoms with Crippen LogP contribution >= 0.6 is 15.9 Å². The van der Waals surface area contributed by atoms with Crippen LogP contribution in [0.5, 0.6) is 0 Å². The van der Waals surface area contributed by atoms with Crippen LogP contribution in [0.25, 0.3) is 0 Å². The SMILES string of the molecule is NS(=O)(=O)c1cn(Cc2cccc(Br)c2)cn1. The van der Waals surface area contributed by atoms with Crippen LogP contribution in [0.4, 0.5) is 0 Å². The number of aromatic nitrogens is 2. The highest BCUT2D eigenvalue weighted by Crippen LogP contribution is 2.13. The molecule has 2 aromatic rings. The van der Waals surface area contributed by atoms with Gasteiger partial charge in [-0.05, 0) is 17.7 Å². The van der Waals surface area contributed by atoms with E-state index in [0.29, 0.717) is 6.54 Å². The number of halogens is 1. The summed E-state index contributed by atoms with van der Waals surface area (Å²) >= 11 is 3.37. The summed E-state index contributed by atoms with van der Waals surface area (Å²) in [6.45, 7) is 0.544. The fraction of sp³-hybridized carbons (Fsp3) is 0.100. The minimum Gasteiger partial charge on any atom is -0.332 e. The first-order valence-electron chi connectivity index (χ1n) is 4.74. The van der Waals surface area contributed by atoms with Gasteiger partial charge in [0.1, 0.15) is 0 Å². The molecule has 1 aromatic heterocycles. The molecule has 5 nitrogen and oxygen atoms in total. The van der Waals surface area contributed by atoms with E-state index in [1.54, 1.807) is 4.57 Å². The van der Waals surface area contributed by atoms with Crippen LogP contribution in [-0.2, 0) is 16.6 Å². The summed E-state index contributed by atoms with van der Waals surface area (Å²) in [5, 5.41) is 4.86. The third-order valence-corrected chi connectivity index (χ3v) is 3.44. The van der Waals surface area contributed by atoms with Crippen LogP contribution in [-0.4, -0.2) is 18.0 Å². The molecule has 0 unspecified atom stereocenters. The van der Waals surface area contributed by atoms with Gasteiger partial charge < -0.3 is 4.57 Å². The van der Waals surface area contributed by atoms with Gasteiger partial charge in [0, 0.05) is 17.2 Å². The first-order valence-corrected chi connectivity index (χ1v) is 7.08. The first-order chi connectivity index (χ1) is 7.95. The number of rotatable bonds is 3. The van der Waals surface area contributed by atoms with Crippen molar-refractivity contribution in [2.75, 3.05) is 0 Å². The van der Waals surface area contributed by atoms with Crippen molar-refractivity contribution in [1.29, 1.82) is 0 Å². The third kappa shape index (κ3) is 3.15. The molecule has 2 N–H and O–H groups in total. The molecule has 0 aliphatic carbocycles. The van der Waals surface area contributed by atoms with Crippen LogP contribution in [0.15, 0.2) is 46.3 Å². The monoisotopic (exact) mass is 315 g/mol. The van der Waals surface area contributed by atoms with Crippen molar-refractivity contribution in [2.24, 2.45) is 5.14 Å². The van der Waals surface area contributed by atoms with Crippen molar-refractivity contribution in [3.05, 3.63) is 46.8 Å². The van der Waals surface area contributed by atoms with Gasteiger partial charge in [-0.3, -0.25) is 0 Å². The molecular formula is C10H10BrN3O2S. The smallest absolute Gasteiger partial charge is 0.257 e. The second-order valence-corrected chi connectivity index (χ2v) is 5.98. The normalized spacial score (nSPS) is 11.6. The number of benzene rings is 1. The Bertz CT molecular complexity index is 637. The van der Waals surface area contributed by atoms with E-state index in [0.717, 1.165) is 10.0 Å². The molecule has 0 saturated heterocycles. The Labute approximate surface area is 107 Å². The van der Waals surface area contributed by atoms with Crippen LogP contribution in [0.1, 0.15) is 5.56 Å². The maximum atomic E-state index is 11.0. The summed E-state index contributed by atoms with van der Waals surface area (Å²) in [5.41, 5.74) is 1.04. The maximum absolute atomic E-state index is 11.0. The van der Waals surface area contributed by atoms with Crippen LogP contribution < -0.4 is 5.14 Å². The number of nitrogens with zero attached hydrogens (tertiary/aromatic N) is 2. The van der Waals surface area contributed by atoms with E-state index in [9.17, 15) is 8.42 Å².